The fourth-order valence-electron chi connectivity index (χ4n) is 2.74. The summed E-state index contributed by atoms with van der Waals surface area (Å²) in [6.45, 7) is 9.66. The van der Waals surface area contributed by atoms with E-state index in [0.717, 1.165) is 0 Å². The van der Waals surface area contributed by atoms with Gasteiger partial charge in [-0.25, -0.2) is 4.39 Å². The molecule has 1 saturated heterocycles. The lowest BCUT2D eigenvalue weighted by Gasteiger charge is -2.32. The van der Waals surface area contributed by atoms with Crippen LogP contribution in [0.25, 0.3) is 0 Å². The lowest BCUT2D eigenvalue weighted by atomic mass is 9.66. The SMILES string of the molecule is CCOC(=O)CC(B1OC(C)(C)C(C)(C)O1)c1ccc(OC)cc1F. The molecule has 0 saturated carbocycles. The lowest BCUT2D eigenvalue weighted by molar-refractivity contribution is -0.143. The van der Waals surface area contributed by atoms with Crippen molar-refractivity contribution in [2.24, 2.45) is 0 Å². The molecule has 5 nitrogen and oxygen atoms in total. The van der Waals surface area contributed by atoms with Gasteiger partial charge in [0.2, 0.25) is 0 Å². The second kappa shape index (κ2) is 7.34. The second-order valence-electron chi connectivity index (χ2n) is 7.13. The van der Waals surface area contributed by atoms with Gasteiger partial charge < -0.3 is 18.8 Å². The van der Waals surface area contributed by atoms with E-state index in [1.165, 1.54) is 13.2 Å². The molecule has 1 heterocycles. The van der Waals surface area contributed by atoms with Crippen molar-refractivity contribution >= 4 is 13.1 Å². The normalized spacial score (nSPS) is 19.6. The first kappa shape index (κ1) is 19.7. The van der Waals surface area contributed by atoms with Gasteiger partial charge >= 0.3 is 13.1 Å². The van der Waals surface area contributed by atoms with E-state index in [0.29, 0.717) is 11.3 Å². The maximum Gasteiger partial charge on any atom is 0.466 e. The van der Waals surface area contributed by atoms with Crippen molar-refractivity contribution in [2.75, 3.05) is 13.7 Å². The molecule has 0 radical (unpaired) electrons. The summed E-state index contributed by atoms with van der Waals surface area (Å²) >= 11 is 0. The monoisotopic (exact) mass is 352 g/mol. The molecule has 0 aliphatic carbocycles. The highest BCUT2D eigenvalue weighted by Gasteiger charge is 2.54. The fraction of sp³-hybridized carbons (Fsp3) is 0.611. The number of halogens is 1. The maximum absolute atomic E-state index is 14.6. The van der Waals surface area contributed by atoms with E-state index in [4.69, 9.17) is 18.8 Å². The standard InChI is InChI=1S/C18H26BFO5/c1-7-23-16(21)11-14(13-9-8-12(22-6)10-15(13)20)19-24-17(2,3)18(4,5)25-19/h8-10,14H,7,11H2,1-6H3. The Bertz CT molecular complexity index is 616. The Morgan fingerprint density at radius 1 is 1.24 bits per heavy atom. The Morgan fingerprint density at radius 3 is 2.32 bits per heavy atom. The topological polar surface area (TPSA) is 54.0 Å². The molecule has 1 aliphatic heterocycles. The van der Waals surface area contributed by atoms with Crippen molar-refractivity contribution in [3.05, 3.63) is 29.6 Å². The van der Waals surface area contributed by atoms with Gasteiger partial charge in [0, 0.05) is 11.9 Å². The smallest absolute Gasteiger partial charge is 0.466 e. The zero-order valence-corrected chi connectivity index (χ0v) is 15.7. The van der Waals surface area contributed by atoms with Crippen LogP contribution in [0.1, 0.15) is 52.4 Å². The number of carbonyl (C=O) groups excluding carboxylic acids is 1. The summed E-state index contributed by atoms with van der Waals surface area (Å²) < 4.78 is 36.8. The summed E-state index contributed by atoms with van der Waals surface area (Å²) in [4.78, 5) is 12.1. The Morgan fingerprint density at radius 2 is 1.84 bits per heavy atom. The van der Waals surface area contributed by atoms with Gasteiger partial charge in [0.25, 0.3) is 0 Å². The van der Waals surface area contributed by atoms with Gasteiger partial charge in [-0.15, -0.1) is 0 Å². The number of methoxy groups -OCH3 is 1. The van der Waals surface area contributed by atoms with Crippen molar-refractivity contribution < 1.29 is 28.0 Å². The van der Waals surface area contributed by atoms with E-state index in [-0.39, 0.29) is 13.0 Å². The largest absolute Gasteiger partial charge is 0.497 e. The van der Waals surface area contributed by atoms with Crippen LogP contribution in [0.5, 0.6) is 5.75 Å². The Balaban J connectivity index is 2.36. The highest BCUT2D eigenvalue weighted by molar-refractivity contribution is 6.48. The molecular formula is C18H26BFO5. The summed E-state index contributed by atoms with van der Waals surface area (Å²) in [6.07, 6.45) is -0.0338. The van der Waals surface area contributed by atoms with Gasteiger partial charge in [0.1, 0.15) is 11.6 Å². The van der Waals surface area contributed by atoms with Crippen molar-refractivity contribution in [1.82, 2.24) is 0 Å². The number of carbonyl (C=O) groups is 1. The molecule has 0 N–H and O–H groups in total. The highest BCUT2D eigenvalue weighted by atomic mass is 19.1. The van der Waals surface area contributed by atoms with E-state index in [9.17, 15) is 9.18 Å². The molecule has 1 fully saturated rings. The molecule has 1 aromatic rings. The lowest BCUT2D eigenvalue weighted by Crippen LogP contribution is -2.41. The van der Waals surface area contributed by atoms with Crippen LogP contribution in [0.3, 0.4) is 0 Å². The van der Waals surface area contributed by atoms with Crippen LogP contribution < -0.4 is 4.74 Å². The predicted molar refractivity (Wildman–Crippen MR) is 93.0 cm³/mol. The first-order valence-electron chi connectivity index (χ1n) is 8.46. The average molecular weight is 352 g/mol. The first-order valence-corrected chi connectivity index (χ1v) is 8.46. The van der Waals surface area contributed by atoms with Crippen molar-refractivity contribution in [2.45, 2.75) is 58.1 Å². The number of rotatable bonds is 6. The van der Waals surface area contributed by atoms with Crippen LogP contribution in [-0.4, -0.2) is 38.0 Å². The Kier molecular flexibility index (Phi) is 5.79. The van der Waals surface area contributed by atoms with Crippen LogP contribution in [0.2, 0.25) is 0 Å². The Hall–Kier alpha value is -1.60. The number of hydrogen-bond donors (Lipinski definition) is 0. The van der Waals surface area contributed by atoms with Crippen LogP contribution in [-0.2, 0) is 18.8 Å². The summed E-state index contributed by atoms with van der Waals surface area (Å²) in [5.74, 6) is -1.10. The van der Waals surface area contributed by atoms with Crippen molar-refractivity contribution in [3.63, 3.8) is 0 Å². The van der Waals surface area contributed by atoms with Crippen LogP contribution >= 0.6 is 0 Å². The summed E-state index contributed by atoms with van der Waals surface area (Å²) in [7, 11) is 0.719. The van der Waals surface area contributed by atoms with Crippen LogP contribution in [0.4, 0.5) is 4.39 Å². The molecule has 1 aromatic carbocycles. The van der Waals surface area contributed by atoms with E-state index in [1.807, 2.05) is 27.7 Å². The van der Waals surface area contributed by atoms with Crippen LogP contribution in [0, 0.1) is 5.82 Å². The molecular weight excluding hydrogens is 326 g/mol. The molecule has 2 rings (SSSR count). The zero-order valence-electron chi connectivity index (χ0n) is 15.7. The molecule has 1 aliphatic rings. The minimum Gasteiger partial charge on any atom is -0.497 e. The third kappa shape index (κ3) is 4.15. The summed E-state index contributed by atoms with van der Waals surface area (Å²) in [5.41, 5.74) is -0.812. The van der Waals surface area contributed by atoms with Gasteiger partial charge in [-0.3, -0.25) is 4.79 Å². The van der Waals surface area contributed by atoms with Gasteiger partial charge in [-0.1, -0.05) is 6.07 Å². The van der Waals surface area contributed by atoms with Gasteiger partial charge in [-0.05, 0) is 46.2 Å². The van der Waals surface area contributed by atoms with Gasteiger partial charge in [0.05, 0.1) is 31.3 Å². The third-order valence-corrected chi connectivity index (χ3v) is 4.90. The summed E-state index contributed by atoms with van der Waals surface area (Å²) in [6, 6.07) is 4.55. The molecule has 7 heteroatoms. The Labute approximate surface area is 148 Å². The number of esters is 1. The molecule has 1 atom stereocenters. The molecule has 0 amide bonds. The van der Waals surface area contributed by atoms with Crippen molar-refractivity contribution in [1.29, 1.82) is 0 Å². The van der Waals surface area contributed by atoms with Crippen molar-refractivity contribution in [3.8, 4) is 5.75 Å². The van der Waals surface area contributed by atoms with E-state index >= 15 is 0 Å². The first-order chi connectivity index (χ1) is 11.6. The molecule has 25 heavy (non-hydrogen) atoms. The molecule has 0 aromatic heterocycles. The quantitative estimate of drug-likeness (QED) is 0.579. The number of hydrogen-bond acceptors (Lipinski definition) is 5. The van der Waals surface area contributed by atoms with E-state index < -0.39 is 35.9 Å². The highest BCUT2D eigenvalue weighted by Crippen LogP contribution is 2.42. The molecule has 1 unspecified atom stereocenters. The average Bonchev–Trinajstić information content (AvgIpc) is 2.73. The fourth-order valence-corrected chi connectivity index (χ4v) is 2.74. The molecule has 138 valence electrons. The predicted octanol–water partition coefficient (Wildman–Crippen LogP) is 3.50. The minimum atomic E-state index is -0.752. The number of ether oxygens (including phenoxy) is 2. The van der Waals surface area contributed by atoms with E-state index in [2.05, 4.69) is 0 Å². The number of benzene rings is 1. The zero-order chi connectivity index (χ0) is 18.8. The summed E-state index contributed by atoms with van der Waals surface area (Å²) in [5, 5.41) is 0. The van der Waals surface area contributed by atoms with E-state index in [1.54, 1.807) is 19.1 Å². The second-order valence-corrected chi connectivity index (χ2v) is 7.13. The molecule has 0 spiro atoms. The third-order valence-electron chi connectivity index (χ3n) is 4.90. The van der Waals surface area contributed by atoms with Crippen LogP contribution in [0.15, 0.2) is 18.2 Å². The molecule has 0 bridgehead atoms. The maximum atomic E-state index is 14.6. The van der Waals surface area contributed by atoms with Gasteiger partial charge in [-0.2, -0.15) is 0 Å². The minimum absolute atomic E-state index is 0.0338. The van der Waals surface area contributed by atoms with Gasteiger partial charge in [0.15, 0.2) is 0 Å².